The van der Waals surface area contributed by atoms with Crippen LogP contribution >= 0.6 is 0 Å². The number of halogens is 1. The number of anilines is 3. The minimum absolute atomic E-state index is 0.00952. The Morgan fingerprint density at radius 2 is 1.85 bits per heavy atom. The van der Waals surface area contributed by atoms with Crippen molar-refractivity contribution in [3.63, 3.8) is 0 Å². The average molecular weight is 572 g/mol. The minimum atomic E-state index is -3.71. The largest absolute Gasteiger partial charge is 0.461 e. The minimum Gasteiger partial charge on any atom is -0.461 e. The Hall–Kier alpha value is -3.86. The zero-order valence-corrected chi connectivity index (χ0v) is 22.5. The van der Waals surface area contributed by atoms with Crippen LogP contribution in [0.15, 0.2) is 45.9 Å². The molecule has 212 valence electrons. The molecular weight excluding hydrogens is 541 g/mol. The topological polar surface area (TPSA) is 163 Å². The maximum Gasteiger partial charge on any atom is 0.259 e. The van der Waals surface area contributed by atoms with Gasteiger partial charge in [-0.2, -0.15) is 23.8 Å². The maximum atomic E-state index is 15.0. The fraction of sp³-hybridized carbons (Fsp3) is 0.417. The summed E-state index contributed by atoms with van der Waals surface area (Å²) in [5, 5.41) is 10.6. The van der Waals surface area contributed by atoms with Gasteiger partial charge in [-0.05, 0) is 30.3 Å². The van der Waals surface area contributed by atoms with E-state index in [4.69, 9.17) is 10.2 Å². The lowest BCUT2D eigenvalue weighted by Gasteiger charge is -2.36. The maximum absolute atomic E-state index is 15.0. The SMILES string of the molecule is Nc1nc(NCCN2CCN(c3ccc(S(=O)(=O)N4CCNCC4)cc3F)CC2)nc2nc(-c3ccco3)nn12. The van der Waals surface area contributed by atoms with Crippen molar-refractivity contribution in [3.8, 4) is 11.6 Å². The number of nitrogens with two attached hydrogens (primary N) is 1. The van der Waals surface area contributed by atoms with Crippen molar-refractivity contribution >= 4 is 33.4 Å². The number of fused-ring (bicyclic) bond motifs is 1. The molecule has 0 spiro atoms. The van der Waals surface area contributed by atoms with E-state index in [1.54, 1.807) is 18.2 Å². The zero-order chi connectivity index (χ0) is 27.7. The Bertz CT molecular complexity index is 1580. The van der Waals surface area contributed by atoms with Gasteiger partial charge in [0.2, 0.25) is 27.7 Å². The highest BCUT2D eigenvalue weighted by Crippen LogP contribution is 2.26. The molecule has 5 heterocycles. The summed E-state index contributed by atoms with van der Waals surface area (Å²) in [6.07, 6.45) is 1.54. The van der Waals surface area contributed by atoms with Gasteiger partial charge < -0.3 is 25.7 Å². The highest BCUT2D eigenvalue weighted by molar-refractivity contribution is 7.89. The summed E-state index contributed by atoms with van der Waals surface area (Å²) in [6.45, 7) is 5.90. The van der Waals surface area contributed by atoms with E-state index in [0.717, 1.165) is 25.7 Å². The van der Waals surface area contributed by atoms with Gasteiger partial charge in [0, 0.05) is 65.4 Å². The van der Waals surface area contributed by atoms with Gasteiger partial charge >= 0.3 is 0 Å². The van der Waals surface area contributed by atoms with Crippen molar-refractivity contribution in [1.82, 2.24) is 39.1 Å². The second-order valence-corrected chi connectivity index (χ2v) is 11.5. The first kappa shape index (κ1) is 26.4. The molecule has 4 N–H and O–H groups in total. The summed E-state index contributed by atoms with van der Waals surface area (Å²) in [5.41, 5.74) is 6.46. The molecule has 16 heteroatoms. The third-order valence-electron chi connectivity index (χ3n) is 7.03. The molecule has 0 aliphatic carbocycles. The highest BCUT2D eigenvalue weighted by Gasteiger charge is 2.28. The molecule has 0 radical (unpaired) electrons. The molecule has 2 aliphatic rings. The van der Waals surface area contributed by atoms with Crippen LogP contribution in [0.2, 0.25) is 0 Å². The molecular formula is C24H30FN11O3S. The van der Waals surface area contributed by atoms with E-state index in [9.17, 15) is 8.42 Å². The van der Waals surface area contributed by atoms with Gasteiger partial charge in [-0.3, -0.25) is 4.90 Å². The summed E-state index contributed by atoms with van der Waals surface area (Å²) < 4.78 is 48.9. The molecule has 0 atom stereocenters. The summed E-state index contributed by atoms with van der Waals surface area (Å²) >= 11 is 0. The summed E-state index contributed by atoms with van der Waals surface area (Å²) in [4.78, 5) is 17.2. The van der Waals surface area contributed by atoms with E-state index in [1.165, 1.54) is 21.2 Å². The summed E-state index contributed by atoms with van der Waals surface area (Å²) in [5.74, 6) is 1.16. The predicted octanol–water partition coefficient (Wildman–Crippen LogP) is 0.329. The van der Waals surface area contributed by atoms with Crippen molar-refractivity contribution in [2.45, 2.75) is 4.90 Å². The Morgan fingerprint density at radius 1 is 1.05 bits per heavy atom. The predicted molar refractivity (Wildman–Crippen MR) is 146 cm³/mol. The Labute approximate surface area is 230 Å². The molecule has 14 nitrogen and oxygen atoms in total. The number of sulfonamides is 1. The lowest BCUT2D eigenvalue weighted by Crippen LogP contribution is -2.48. The van der Waals surface area contributed by atoms with Crippen molar-refractivity contribution in [1.29, 1.82) is 0 Å². The van der Waals surface area contributed by atoms with Gasteiger partial charge in [0.15, 0.2) is 5.76 Å². The molecule has 4 aromatic rings. The molecule has 2 fully saturated rings. The molecule has 0 unspecified atom stereocenters. The van der Waals surface area contributed by atoms with Crippen molar-refractivity contribution < 1.29 is 17.2 Å². The van der Waals surface area contributed by atoms with Gasteiger partial charge in [-0.15, -0.1) is 5.10 Å². The average Bonchev–Trinajstić information content (AvgIpc) is 3.65. The third kappa shape index (κ3) is 5.30. The van der Waals surface area contributed by atoms with Crippen LogP contribution in [-0.2, 0) is 10.0 Å². The van der Waals surface area contributed by atoms with Crippen LogP contribution in [-0.4, -0.2) is 108 Å². The highest BCUT2D eigenvalue weighted by atomic mass is 32.2. The van der Waals surface area contributed by atoms with Gasteiger partial charge in [-0.25, -0.2) is 12.8 Å². The van der Waals surface area contributed by atoms with E-state index in [0.29, 0.717) is 74.8 Å². The van der Waals surface area contributed by atoms with Crippen molar-refractivity contribution in [2.24, 2.45) is 0 Å². The third-order valence-corrected chi connectivity index (χ3v) is 8.93. The monoisotopic (exact) mass is 571 g/mol. The number of rotatable bonds is 8. The number of aromatic nitrogens is 5. The van der Waals surface area contributed by atoms with E-state index in [1.807, 2.05) is 4.90 Å². The van der Waals surface area contributed by atoms with Gasteiger partial charge in [-0.1, -0.05) is 0 Å². The number of piperazine rings is 2. The Kier molecular flexibility index (Phi) is 7.22. The first-order valence-corrected chi connectivity index (χ1v) is 14.5. The van der Waals surface area contributed by atoms with Crippen LogP contribution in [0.1, 0.15) is 0 Å². The Balaban J connectivity index is 1.02. The number of nitrogens with zero attached hydrogens (tertiary/aromatic N) is 8. The molecule has 0 amide bonds. The lowest BCUT2D eigenvalue weighted by atomic mass is 10.2. The quantitative estimate of drug-likeness (QED) is 0.266. The summed E-state index contributed by atoms with van der Waals surface area (Å²) in [6, 6.07) is 7.71. The molecule has 2 saturated heterocycles. The van der Waals surface area contributed by atoms with Crippen LogP contribution in [0.5, 0.6) is 0 Å². The van der Waals surface area contributed by atoms with Crippen LogP contribution in [0.4, 0.5) is 22.0 Å². The van der Waals surface area contributed by atoms with Crippen molar-refractivity contribution in [3.05, 3.63) is 42.4 Å². The molecule has 6 rings (SSSR count). The fourth-order valence-electron chi connectivity index (χ4n) is 4.87. The number of nitrogen functional groups attached to an aromatic ring is 1. The number of benzene rings is 1. The van der Waals surface area contributed by atoms with E-state index in [-0.39, 0.29) is 10.8 Å². The first-order valence-electron chi connectivity index (χ1n) is 13.0. The van der Waals surface area contributed by atoms with Crippen molar-refractivity contribution in [2.75, 3.05) is 81.4 Å². The number of hydrogen-bond acceptors (Lipinski definition) is 12. The first-order chi connectivity index (χ1) is 19.4. The Morgan fingerprint density at radius 3 is 2.58 bits per heavy atom. The number of hydrogen-bond donors (Lipinski definition) is 3. The lowest BCUT2D eigenvalue weighted by molar-refractivity contribution is 0.266. The van der Waals surface area contributed by atoms with E-state index < -0.39 is 15.8 Å². The van der Waals surface area contributed by atoms with Crippen LogP contribution in [0, 0.1) is 5.82 Å². The molecule has 0 bridgehead atoms. The smallest absolute Gasteiger partial charge is 0.259 e. The standard InChI is InChI=1S/C24H30FN11O3S/c25-18-16-17(40(37,38)35-9-5-27-6-10-35)3-4-19(18)34-13-11-33(12-14-34)8-7-28-23-30-22(26)36-24(31-23)29-21(32-36)20-2-1-15-39-20/h1-4,15-16,27H,5-14H2,(H3,26,28,29,30,31,32). The molecule has 3 aromatic heterocycles. The fourth-order valence-corrected chi connectivity index (χ4v) is 6.33. The van der Waals surface area contributed by atoms with Crippen LogP contribution in [0.3, 0.4) is 0 Å². The zero-order valence-electron chi connectivity index (χ0n) is 21.7. The van der Waals surface area contributed by atoms with Crippen LogP contribution in [0.25, 0.3) is 17.4 Å². The van der Waals surface area contributed by atoms with Gasteiger partial charge in [0.25, 0.3) is 5.78 Å². The molecule has 1 aromatic carbocycles. The number of nitrogens with one attached hydrogen (secondary N) is 2. The number of furan rings is 1. The van der Waals surface area contributed by atoms with Gasteiger partial charge in [0.1, 0.15) is 5.82 Å². The molecule has 2 aliphatic heterocycles. The second-order valence-electron chi connectivity index (χ2n) is 9.55. The van der Waals surface area contributed by atoms with E-state index >= 15 is 4.39 Å². The molecule has 40 heavy (non-hydrogen) atoms. The second kappa shape index (κ2) is 11.0. The normalized spacial score (nSPS) is 17.5. The van der Waals surface area contributed by atoms with E-state index in [2.05, 4.69) is 35.6 Å². The van der Waals surface area contributed by atoms with Gasteiger partial charge in [0.05, 0.1) is 16.8 Å². The molecule has 0 saturated carbocycles. The van der Waals surface area contributed by atoms with Crippen LogP contribution < -0.4 is 21.3 Å². The summed E-state index contributed by atoms with van der Waals surface area (Å²) in [7, 11) is -3.71.